The van der Waals surface area contributed by atoms with Crippen LogP contribution in [0, 0.1) is 6.42 Å². The lowest BCUT2D eigenvalue weighted by atomic mass is 10.0. The quantitative estimate of drug-likeness (QED) is 0.380. The predicted octanol–water partition coefficient (Wildman–Crippen LogP) is 3.20. The van der Waals surface area contributed by atoms with E-state index in [1.807, 2.05) is 48.5 Å². The molecule has 0 amide bonds. The SMILES string of the molecule is C[C@H]1[CH][C@@H](OC(=O)Cc2c[nH]c3ccccc23)[C@@H](OC(=O)Cc2c[nH]c3ccccc23)C(O)O1. The standard InChI is InChI=1S/C26H25N2O6/c1-15-10-22(33-23(29)11-16-13-27-20-8-4-2-6-18(16)20)25(26(31)32-15)34-24(30)12-17-14-28-21-9-5-3-7-19(17)21/h2-10,13-15,22,25-28,31H,11-12H2,1H3/t15-,22+,25+,26?/m0/s1. The number of aromatic amines is 2. The zero-order chi connectivity index (χ0) is 23.7. The first-order valence-electron chi connectivity index (χ1n) is 11.2. The molecule has 0 aliphatic carbocycles. The number of fused-ring (bicyclic) bond motifs is 2. The highest BCUT2D eigenvalue weighted by Gasteiger charge is 2.42. The van der Waals surface area contributed by atoms with E-state index in [0.717, 1.165) is 32.9 Å². The van der Waals surface area contributed by atoms with Crippen molar-refractivity contribution < 1.29 is 28.9 Å². The number of para-hydroxylation sites is 2. The van der Waals surface area contributed by atoms with Crippen molar-refractivity contribution in [2.45, 2.75) is 44.4 Å². The van der Waals surface area contributed by atoms with Crippen LogP contribution in [0.4, 0.5) is 0 Å². The van der Waals surface area contributed by atoms with E-state index in [4.69, 9.17) is 14.2 Å². The number of carbonyl (C=O) groups is 2. The van der Waals surface area contributed by atoms with Crippen molar-refractivity contribution >= 4 is 33.7 Å². The van der Waals surface area contributed by atoms with Crippen LogP contribution in [0.1, 0.15) is 18.1 Å². The number of ether oxygens (including phenoxy) is 3. The largest absolute Gasteiger partial charge is 0.458 e. The van der Waals surface area contributed by atoms with Gasteiger partial charge < -0.3 is 29.3 Å². The maximum absolute atomic E-state index is 12.7. The molecule has 1 radical (unpaired) electrons. The fraction of sp³-hybridized carbons (Fsp3) is 0.269. The van der Waals surface area contributed by atoms with Crippen molar-refractivity contribution in [2.75, 3.05) is 0 Å². The summed E-state index contributed by atoms with van der Waals surface area (Å²) in [5, 5.41) is 12.3. The Morgan fingerprint density at radius 1 is 0.882 bits per heavy atom. The molecule has 0 saturated carbocycles. The average Bonchev–Trinajstić information content (AvgIpc) is 3.41. The van der Waals surface area contributed by atoms with Gasteiger partial charge in [-0.2, -0.15) is 0 Å². The summed E-state index contributed by atoms with van der Waals surface area (Å²) in [5.41, 5.74) is 3.42. The summed E-state index contributed by atoms with van der Waals surface area (Å²) in [6.45, 7) is 1.72. The summed E-state index contributed by atoms with van der Waals surface area (Å²) < 4.78 is 16.6. The summed E-state index contributed by atoms with van der Waals surface area (Å²) in [6.07, 6.45) is 1.17. The van der Waals surface area contributed by atoms with Gasteiger partial charge in [0.2, 0.25) is 0 Å². The summed E-state index contributed by atoms with van der Waals surface area (Å²) in [5.74, 6) is -1.05. The van der Waals surface area contributed by atoms with Crippen LogP contribution < -0.4 is 0 Å². The Morgan fingerprint density at radius 2 is 1.41 bits per heavy atom. The van der Waals surface area contributed by atoms with E-state index in [1.165, 1.54) is 0 Å². The number of hydrogen-bond donors (Lipinski definition) is 3. The normalized spacial score (nSPS) is 22.6. The fourth-order valence-corrected chi connectivity index (χ4v) is 4.37. The topological polar surface area (TPSA) is 114 Å². The van der Waals surface area contributed by atoms with Gasteiger partial charge in [0.25, 0.3) is 0 Å². The molecule has 175 valence electrons. The number of aliphatic hydroxyl groups is 1. The summed E-state index contributed by atoms with van der Waals surface area (Å²) in [6, 6.07) is 15.3. The number of aromatic nitrogens is 2. The van der Waals surface area contributed by atoms with Crippen LogP contribution >= 0.6 is 0 Å². The van der Waals surface area contributed by atoms with Gasteiger partial charge in [-0.05, 0) is 30.2 Å². The molecule has 1 aliphatic rings. The first-order chi connectivity index (χ1) is 16.5. The van der Waals surface area contributed by atoms with E-state index in [2.05, 4.69) is 9.97 Å². The third-order valence-electron chi connectivity index (χ3n) is 5.97. The summed E-state index contributed by atoms with van der Waals surface area (Å²) in [7, 11) is 0. The van der Waals surface area contributed by atoms with Gasteiger partial charge in [-0.1, -0.05) is 36.4 Å². The smallest absolute Gasteiger partial charge is 0.310 e. The minimum Gasteiger partial charge on any atom is -0.458 e. The van der Waals surface area contributed by atoms with E-state index in [1.54, 1.807) is 25.7 Å². The van der Waals surface area contributed by atoms with Crippen LogP contribution in [0.2, 0.25) is 0 Å². The van der Waals surface area contributed by atoms with Crippen LogP contribution in [-0.4, -0.2) is 51.6 Å². The zero-order valence-corrected chi connectivity index (χ0v) is 18.6. The molecule has 1 saturated heterocycles. The first-order valence-corrected chi connectivity index (χ1v) is 11.2. The van der Waals surface area contributed by atoms with Crippen LogP contribution in [0.25, 0.3) is 21.8 Å². The molecule has 2 aromatic heterocycles. The Labute approximate surface area is 195 Å². The molecule has 1 aliphatic heterocycles. The molecule has 3 N–H and O–H groups in total. The van der Waals surface area contributed by atoms with Gasteiger partial charge in [0, 0.05) is 40.6 Å². The Balaban J connectivity index is 1.27. The van der Waals surface area contributed by atoms with E-state index in [0.29, 0.717) is 0 Å². The monoisotopic (exact) mass is 461 g/mol. The molecule has 0 spiro atoms. The number of rotatable bonds is 6. The van der Waals surface area contributed by atoms with Gasteiger partial charge in [0.05, 0.1) is 18.9 Å². The van der Waals surface area contributed by atoms with Gasteiger partial charge in [0.15, 0.2) is 12.4 Å². The molecule has 2 aromatic carbocycles. The third-order valence-corrected chi connectivity index (χ3v) is 5.97. The molecule has 1 unspecified atom stereocenters. The Bertz CT molecular complexity index is 1330. The van der Waals surface area contributed by atoms with E-state index >= 15 is 0 Å². The second kappa shape index (κ2) is 9.32. The highest BCUT2D eigenvalue weighted by molar-refractivity contribution is 5.88. The number of carbonyl (C=O) groups excluding carboxylic acids is 2. The summed E-state index contributed by atoms with van der Waals surface area (Å²) >= 11 is 0. The third kappa shape index (κ3) is 4.55. The molecular weight excluding hydrogens is 436 g/mol. The second-order valence-electron chi connectivity index (χ2n) is 8.41. The van der Waals surface area contributed by atoms with Crippen molar-refractivity contribution in [1.82, 2.24) is 9.97 Å². The lowest BCUT2D eigenvalue weighted by Crippen LogP contribution is -2.52. The van der Waals surface area contributed by atoms with Crippen molar-refractivity contribution in [3.8, 4) is 0 Å². The van der Waals surface area contributed by atoms with Gasteiger partial charge >= 0.3 is 11.9 Å². The molecule has 34 heavy (non-hydrogen) atoms. The van der Waals surface area contributed by atoms with Crippen LogP contribution in [0.5, 0.6) is 0 Å². The van der Waals surface area contributed by atoms with Crippen LogP contribution in [-0.2, 0) is 36.6 Å². The molecule has 8 nitrogen and oxygen atoms in total. The summed E-state index contributed by atoms with van der Waals surface area (Å²) in [4.78, 5) is 31.7. The highest BCUT2D eigenvalue weighted by atomic mass is 16.7. The first kappa shape index (κ1) is 22.2. The molecule has 4 atom stereocenters. The van der Waals surface area contributed by atoms with Crippen LogP contribution in [0.15, 0.2) is 60.9 Å². The minimum atomic E-state index is -1.42. The number of esters is 2. The van der Waals surface area contributed by atoms with E-state index < -0.39 is 36.5 Å². The van der Waals surface area contributed by atoms with E-state index in [9.17, 15) is 14.7 Å². The number of hydrogen-bond acceptors (Lipinski definition) is 6. The Hall–Kier alpha value is -3.62. The molecular formula is C26H25N2O6. The molecule has 0 bridgehead atoms. The zero-order valence-electron chi connectivity index (χ0n) is 18.6. The molecule has 8 heteroatoms. The molecule has 5 rings (SSSR count). The average molecular weight is 461 g/mol. The lowest BCUT2D eigenvalue weighted by molar-refractivity contribution is -0.240. The van der Waals surface area contributed by atoms with Gasteiger partial charge in [-0.15, -0.1) is 0 Å². The number of H-pyrrole nitrogens is 2. The van der Waals surface area contributed by atoms with Gasteiger partial charge in [-0.3, -0.25) is 9.59 Å². The van der Waals surface area contributed by atoms with Gasteiger partial charge in [0.1, 0.15) is 6.10 Å². The number of nitrogens with one attached hydrogen (secondary N) is 2. The van der Waals surface area contributed by atoms with Crippen molar-refractivity contribution in [1.29, 1.82) is 0 Å². The second-order valence-corrected chi connectivity index (χ2v) is 8.41. The molecule has 1 fully saturated rings. The molecule has 3 heterocycles. The van der Waals surface area contributed by atoms with Crippen molar-refractivity contribution in [2.24, 2.45) is 0 Å². The van der Waals surface area contributed by atoms with E-state index in [-0.39, 0.29) is 12.8 Å². The van der Waals surface area contributed by atoms with Crippen LogP contribution in [0.3, 0.4) is 0 Å². The fourth-order valence-electron chi connectivity index (χ4n) is 4.37. The Morgan fingerprint density at radius 3 is 2.00 bits per heavy atom. The number of benzene rings is 2. The van der Waals surface area contributed by atoms with Crippen molar-refractivity contribution in [3.05, 3.63) is 78.5 Å². The number of aliphatic hydroxyl groups excluding tert-OH is 1. The Kier molecular flexibility index (Phi) is 6.08. The highest BCUT2D eigenvalue weighted by Crippen LogP contribution is 2.26. The minimum absolute atomic E-state index is 0.00120. The molecule has 4 aromatic rings. The van der Waals surface area contributed by atoms with Crippen molar-refractivity contribution in [3.63, 3.8) is 0 Å². The van der Waals surface area contributed by atoms with Gasteiger partial charge in [-0.25, -0.2) is 0 Å². The lowest BCUT2D eigenvalue weighted by Gasteiger charge is -2.37. The maximum Gasteiger partial charge on any atom is 0.310 e. The predicted molar refractivity (Wildman–Crippen MR) is 125 cm³/mol. The maximum atomic E-state index is 12.7.